The summed E-state index contributed by atoms with van der Waals surface area (Å²) in [4.78, 5) is 28.9. The van der Waals surface area contributed by atoms with E-state index in [1.807, 2.05) is 38.1 Å². The van der Waals surface area contributed by atoms with Crippen LogP contribution in [0, 0.1) is 0 Å². The average molecular weight is 564 g/mol. The van der Waals surface area contributed by atoms with E-state index < -0.39 is 5.97 Å². The SMILES string of the molecule is CCCCc1oc2ccc(C(=O)OC(C)C)cc2c1C(=O)c1ccc(COCCCN(CCCC)CCCC)cc1. The molecule has 0 aliphatic heterocycles. The van der Waals surface area contributed by atoms with Gasteiger partial charge in [-0.2, -0.15) is 0 Å². The van der Waals surface area contributed by atoms with E-state index in [9.17, 15) is 9.59 Å². The van der Waals surface area contributed by atoms with Crippen LogP contribution in [0.15, 0.2) is 46.9 Å². The summed E-state index contributed by atoms with van der Waals surface area (Å²) in [6.07, 6.45) is 8.30. The van der Waals surface area contributed by atoms with E-state index in [2.05, 4.69) is 25.7 Å². The second-order valence-corrected chi connectivity index (χ2v) is 11.1. The Morgan fingerprint density at radius 1 is 0.829 bits per heavy atom. The van der Waals surface area contributed by atoms with Crippen LogP contribution in [0.25, 0.3) is 11.0 Å². The molecule has 0 saturated heterocycles. The molecular formula is C35H49NO5. The number of esters is 1. The summed E-state index contributed by atoms with van der Waals surface area (Å²) >= 11 is 0. The number of carbonyl (C=O) groups excluding carboxylic acids is 2. The summed E-state index contributed by atoms with van der Waals surface area (Å²) < 4.78 is 17.5. The summed E-state index contributed by atoms with van der Waals surface area (Å²) in [5, 5.41) is 0.652. The molecule has 0 bridgehead atoms. The molecule has 0 aliphatic carbocycles. The van der Waals surface area contributed by atoms with E-state index >= 15 is 0 Å². The molecule has 0 atom stereocenters. The number of furan rings is 1. The van der Waals surface area contributed by atoms with Gasteiger partial charge in [0.1, 0.15) is 11.3 Å². The third kappa shape index (κ3) is 9.82. The van der Waals surface area contributed by atoms with Crippen molar-refractivity contribution >= 4 is 22.7 Å². The van der Waals surface area contributed by atoms with Gasteiger partial charge in [-0.15, -0.1) is 0 Å². The van der Waals surface area contributed by atoms with Gasteiger partial charge in [0.05, 0.1) is 23.8 Å². The van der Waals surface area contributed by atoms with Crippen molar-refractivity contribution in [2.24, 2.45) is 0 Å². The lowest BCUT2D eigenvalue weighted by atomic mass is 9.97. The molecule has 0 amide bonds. The Hall–Kier alpha value is -2.96. The topological polar surface area (TPSA) is 69.0 Å². The quantitative estimate of drug-likeness (QED) is 0.0829. The maximum absolute atomic E-state index is 13.8. The van der Waals surface area contributed by atoms with Crippen LogP contribution in [0.1, 0.15) is 117 Å². The number of hydrogen-bond acceptors (Lipinski definition) is 6. The van der Waals surface area contributed by atoms with Crippen molar-refractivity contribution in [3.8, 4) is 0 Å². The van der Waals surface area contributed by atoms with Crippen molar-refractivity contribution in [2.75, 3.05) is 26.2 Å². The van der Waals surface area contributed by atoms with Crippen molar-refractivity contribution in [2.45, 2.75) is 98.7 Å². The summed E-state index contributed by atoms with van der Waals surface area (Å²) in [6.45, 7) is 14.9. The third-order valence-corrected chi connectivity index (χ3v) is 7.23. The Balaban J connectivity index is 1.67. The van der Waals surface area contributed by atoms with Gasteiger partial charge in [-0.25, -0.2) is 4.79 Å². The molecule has 1 heterocycles. The van der Waals surface area contributed by atoms with Crippen molar-refractivity contribution in [1.82, 2.24) is 4.90 Å². The smallest absolute Gasteiger partial charge is 0.338 e. The summed E-state index contributed by atoms with van der Waals surface area (Å²) in [7, 11) is 0. The fourth-order valence-corrected chi connectivity index (χ4v) is 4.90. The number of ketones is 1. The first-order valence-corrected chi connectivity index (χ1v) is 15.6. The maximum atomic E-state index is 13.8. The minimum Gasteiger partial charge on any atom is -0.460 e. The normalized spacial score (nSPS) is 11.6. The number of carbonyl (C=O) groups is 2. The highest BCUT2D eigenvalue weighted by Crippen LogP contribution is 2.31. The van der Waals surface area contributed by atoms with Gasteiger partial charge in [0.15, 0.2) is 5.78 Å². The number of rotatable bonds is 19. The third-order valence-electron chi connectivity index (χ3n) is 7.23. The zero-order valence-corrected chi connectivity index (χ0v) is 25.8. The first-order chi connectivity index (χ1) is 19.9. The summed E-state index contributed by atoms with van der Waals surface area (Å²) in [5.74, 6) is 0.159. The average Bonchev–Trinajstić information content (AvgIpc) is 3.34. The van der Waals surface area contributed by atoms with Crippen molar-refractivity contribution in [3.05, 3.63) is 70.5 Å². The zero-order chi connectivity index (χ0) is 29.6. The Morgan fingerprint density at radius 3 is 2.10 bits per heavy atom. The van der Waals surface area contributed by atoms with Crippen molar-refractivity contribution < 1.29 is 23.5 Å². The predicted molar refractivity (Wildman–Crippen MR) is 166 cm³/mol. The second kappa shape index (κ2) is 17.1. The molecule has 3 aromatic rings. The highest BCUT2D eigenvalue weighted by Gasteiger charge is 2.23. The molecule has 6 nitrogen and oxygen atoms in total. The van der Waals surface area contributed by atoms with E-state index in [4.69, 9.17) is 13.9 Å². The second-order valence-electron chi connectivity index (χ2n) is 11.1. The van der Waals surface area contributed by atoms with E-state index in [0.717, 1.165) is 38.0 Å². The Morgan fingerprint density at radius 2 is 1.46 bits per heavy atom. The Bertz CT molecular complexity index is 1220. The standard InChI is InChI=1S/C35H49NO5/c1-6-9-13-32-33(30-24-29(18-19-31(30)41-32)35(38)40-26(4)5)34(37)28-16-14-27(15-17-28)25-39-23-12-22-36(20-10-7-2)21-11-8-3/h14-19,24,26H,6-13,20-23,25H2,1-5H3. The molecule has 0 fully saturated rings. The fourth-order valence-electron chi connectivity index (χ4n) is 4.90. The van der Waals surface area contributed by atoms with Gasteiger partial charge >= 0.3 is 5.97 Å². The molecule has 3 rings (SSSR count). The van der Waals surface area contributed by atoms with Crippen LogP contribution in [0.5, 0.6) is 0 Å². The van der Waals surface area contributed by atoms with Gasteiger partial charge in [0.2, 0.25) is 0 Å². The minimum atomic E-state index is -0.407. The van der Waals surface area contributed by atoms with E-state index in [-0.39, 0.29) is 11.9 Å². The van der Waals surface area contributed by atoms with Gasteiger partial charge in [0.25, 0.3) is 0 Å². The highest BCUT2D eigenvalue weighted by molar-refractivity contribution is 6.17. The van der Waals surface area contributed by atoms with Crippen molar-refractivity contribution in [1.29, 1.82) is 0 Å². The molecule has 41 heavy (non-hydrogen) atoms. The van der Waals surface area contributed by atoms with Crippen LogP contribution in [0.4, 0.5) is 0 Å². The number of hydrogen-bond donors (Lipinski definition) is 0. The van der Waals surface area contributed by atoms with Gasteiger partial charge in [-0.3, -0.25) is 4.79 Å². The van der Waals surface area contributed by atoms with Gasteiger partial charge < -0.3 is 18.8 Å². The molecule has 0 N–H and O–H groups in total. The first-order valence-electron chi connectivity index (χ1n) is 15.6. The Kier molecular flexibility index (Phi) is 13.6. The number of fused-ring (bicyclic) bond motifs is 1. The lowest BCUT2D eigenvalue weighted by molar-refractivity contribution is 0.0378. The van der Waals surface area contributed by atoms with Crippen LogP contribution in [-0.2, 0) is 22.5 Å². The highest BCUT2D eigenvalue weighted by atomic mass is 16.5. The lowest BCUT2D eigenvalue weighted by Gasteiger charge is -2.21. The largest absolute Gasteiger partial charge is 0.460 e. The zero-order valence-electron chi connectivity index (χ0n) is 25.8. The molecular weight excluding hydrogens is 514 g/mol. The van der Waals surface area contributed by atoms with Crippen LogP contribution in [-0.4, -0.2) is 49.0 Å². The predicted octanol–water partition coefficient (Wildman–Crippen LogP) is 8.38. The molecule has 1 aromatic heterocycles. The molecule has 2 aromatic carbocycles. The van der Waals surface area contributed by atoms with Crippen LogP contribution in [0.2, 0.25) is 0 Å². The molecule has 0 radical (unpaired) electrons. The van der Waals surface area contributed by atoms with E-state index in [1.165, 1.54) is 38.8 Å². The number of unbranched alkanes of at least 4 members (excludes halogenated alkanes) is 3. The van der Waals surface area contributed by atoms with Gasteiger partial charge in [-0.1, -0.05) is 64.3 Å². The fraction of sp³-hybridized carbons (Fsp3) is 0.543. The van der Waals surface area contributed by atoms with Crippen LogP contribution in [0.3, 0.4) is 0 Å². The lowest BCUT2D eigenvalue weighted by Crippen LogP contribution is -2.28. The van der Waals surface area contributed by atoms with Crippen LogP contribution < -0.4 is 0 Å². The number of ether oxygens (including phenoxy) is 2. The monoisotopic (exact) mass is 563 g/mol. The molecule has 0 unspecified atom stereocenters. The molecule has 0 saturated carbocycles. The molecule has 224 valence electrons. The Labute approximate surface area is 246 Å². The molecule has 0 spiro atoms. The minimum absolute atomic E-state index is 0.101. The number of nitrogens with zero attached hydrogens (tertiary/aromatic N) is 1. The van der Waals surface area contributed by atoms with Crippen molar-refractivity contribution in [3.63, 3.8) is 0 Å². The first kappa shape index (κ1) is 32.6. The maximum Gasteiger partial charge on any atom is 0.338 e. The number of aryl methyl sites for hydroxylation is 1. The van der Waals surface area contributed by atoms with E-state index in [0.29, 0.717) is 46.4 Å². The van der Waals surface area contributed by atoms with E-state index in [1.54, 1.807) is 18.2 Å². The van der Waals surface area contributed by atoms with Gasteiger partial charge in [-0.05, 0) is 76.4 Å². The summed E-state index contributed by atoms with van der Waals surface area (Å²) in [6, 6.07) is 12.8. The number of benzene rings is 2. The summed E-state index contributed by atoms with van der Waals surface area (Å²) in [5.41, 5.74) is 3.18. The molecule has 0 aliphatic rings. The molecule has 6 heteroatoms. The van der Waals surface area contributed by atoms with Gasteiger partial charge in [0, 0.05) is 30.5 Å². The van der Waals surface area contributed by atoms with Crippen LogP contribution >= 0.6 is 0 Å².